The highest BCUT2D eigenvalue weighted by atomic mass is 19.1. The predicted molar refractivity (Wildman–Crippen MR) is 80.8 cm³/mol. The summed E-state index contributed by atoms with van der Waals surface area (Å²) in [6, 6.07) is 4.42. The summed E-state index contributed by atoms with van der Waals surface area (Å²) in [6.07, 6.45) is 0.968. The number of benzene rings is 1. The summed E-state index contributed by atoms with van der Waals surface area (Å²) >= 11 is 0. The molecule has 3 aromatic rings. The Balaban J connectivity index is 2.13. The topological polar surface area (TPSA) is 141 Å². The summed E-state index contributed by atoms with van der Waals surface area (Å²) in [4.78, 5) is 10.1. The molecule has 10 nitrogen and oxygen atoms in total. The minimum absolute atomic E-state index is 0.0438. The number of aromatic hydroxyl groups is 2. The maximum Gasteiger partial charge on any atom is 0.371 e. The Bertz CT molecular complexity index is 1000. The van der Waals surface area contributed by atoms with Crippen LogP contribution in [0.4, 0.5) is 10.1 Å². The largest absolute Gasteiger partial charge is 0.617 e. The Morgan fingerprint density at radius 1 is 1.20 bits per heavy atom. The van der Waals surface area contributed by atoms with Crippen LogP contribution in [0.3, 0.4) is 0 Å². The molecular formula is C14H10FN5O5. The number of phenolic OH excluding ortho intramolecular Hbond substituents is 2. The second-order valence-corrected chi connectivity index (χ2v) is 5.09. The zero-order valence-electron chi connectivity index (χ0n) is 12.6. The average Bonchev–Trinajstić information content (AvgIpc) is 2.94. The Morgan fingerprint density at radius 3 is 2.44 bits per heavy atom. The quantitative estimate of drug-likeness (QED) is 0.181. The van der Waals surface area contributed by atoms with E-state index in [1.165, 1.54) is 17.7 Å². The zero-order valence-corrected chi connectivity index (χ0v) is 12.6. The molecule has 2 aromatic heterocycles. The molecule has 11 heteroatoms. The summed E-state index contributed by atoms with van der Waals surface area (Å²) in [6.45, 7) is 0. The van der Waals surface area contributed by atoms with Gasteiger partial charge in [-0.15, -0.1) is 19.3 Å². The van der Waals surface area contributed by atoms with Crippen LogP contribution in [0.15, 0.2) is 30.5 Å². The molecule has 2 N–H and O–H groups in total. The molecule has 0 spiro atoms. The van der Waals surface area contributed by atoms with Crippen LogP contribution in [-0.4, -0.2) is 29.9 Å². The van der Waals surface area contributed by atoms with Crippen molar-refractivity contribution in [2.75, 3.05) is 0 Å². The molecule has 3 rings (SSSR count). The first-order chi connectivity index (χ1) is 11.8. The molecule has 0 aliphatic heterocycles. The molecule has 0 bridgehead atoms. The van der Waals surface area contributed by atoms with E-state index in [2.05, 4.69) is 10.2 Å². The number of rotatable bonds is 3. The Kier molecular flexibility index (Phi) is 3.68. The van der Waals surface area contributed by atoms with Crippen molar-refractivity contribution in [2.45, 2.75) is 0 Å². The Morgan fingerprint density at radius 2 is 1.84 bits per heavy atom. The molecule has 0 unspecified atom stereocenters. The van der Waals surface area contributed by atoms with Crippen molar-refractivity contribution in [2.24, 2.45) is 7.05 Å². The second kappa shape index (κ2) is 5.70. The van der Waals surface area contributed by atoms with Crippen LogP contribution >= 0.6 is 0 Å². The second-order valence-electron chi connectivity index (χ2n) is 5.09. The number of nitrogens with zero attached hydrogens (tertiary/aromatic N) is 5. The molecular weight excluding hydrogens is 337 g/mol. The monoisotopic (exact) mass is 347 g/mol. The van der Waals surface area contributed by atoms with Gasteiger partial charge in [-0.05, 0) is 6.07 Å². The number of hydrogen-bond donors (Lipinski definition) is 2. The van der Waals surface area contributed by atoms with Gasteiger partial charge in [-0.25, -0.2) is 0 Å². The van der Waals surface area contributed by atoms with Gasteiger partial charge in [0.25, 0.3) is 0 Å². The maximum atomic E-state index is 13.4. The first-order valence-electron chi connectivity index (χ1n) is 6.79. The number of nitro benzene ring substituents is 1. The van der Waals surface area contributed by atoms with Gasteiger partial charge in [0, 0.05) is 30.3 Å². The average molecular weight is 347 g/mol. The molecule has 0 aliphatic rings. The van der Waals surface area contributed by atoms with Crippen molar-refractivity contribution in [1.82, 2.24) is 14.8 Å². The van der Waals surface area contributed by atoms with E-state index in [1.807, 2.05) is 0 Å². The summed E-state index contributed by atoms with van der Waals surface area (Å²) < 4.78 is 14.9. The van der Waals surface area contributed by atoms with E-state index in [0.717, 1.165) is 24.4 Å². The molecule has 0 atom stereocenters. The Labute approximate surface area is 138 Å². The minimum atomic E-state index is -1.03. The highest BCUT2D eigenvalue weighted by Gasteiger charge is 2.22. The van der Waals surface area contributed by atoms with Crippen LogP contribution in [0.5, 0.6) is 11.5 Å². The summed E-state index contributed by atoms with van der Waals surface area (Å²) in [5.41, 5.74) is -0.306. The highest BCUT2D eigenvalue weighted by Crippen LogP contribution is 2.39. The van der Waals surface area contributed by atoms with Gasteiger partial charge in [-0.1, -0.05) is 0 Å². The zero-order chi connectivity index (χ0) is 18.3. The molecule has 2 heterocycles. The third-order valence-corrected chi connectivity index (χ3v) is 3.53. The molecule has 0 fully saturated rings. The third kappa shape index (κ3) is 2.67. The van der Waals surface area contributed by atoms with Crippen LogP contribution < -0.4 is 4.73 Å². The standard InChI is InChI=1S/C14H10FN5O5/c1-18-13(7-2-3-19(23)11(15)6-7)16-17-14(18)8-4-9(20(24)25)12(22)10(21)5-8/h2-6,21-22H,1H3. The van der Waals surface area contributed by atoms with E-state index >= 15 is 0 Å². The van der Waals surface area contributed by atoms with Gasteiger partial charge in [-0.3, -0.25) is 10.1 Å². The number of aromatic nitrogens is 4. The molecule has 0 saturated heterocycles. The summed E-state index contributed by atoms with van der Waals surface area (Å²) in [5, 5.41) is 49.0. The summed E-state index contributed by atoms with van der Waals surface area (Å²) in [5.74, 6) is -2.24. The van der Waals surface area contributed by atoms with E-state index in [1.54, 1.807) is 0 Å². The third-order valence-electron chi connectivity index (χ3n) is 3.53. The lowest BCUT2D eigenvalue weighted by Gasteiger charge is -2.06. The van der Waals surface area contributed by atoms with Crippen molar-refractivity contribution >= 4 is 5.69 Å². The smallest absolute Gasteiger partial charge is 0.371 e. The van der Waals surface area contributed by atoms with Gasteiger partial charge >= 0.3 is 11.6 Å². The van der Waals surface area contributed by atoms with Crippen LogP contribution in [0.1, 0.15) is 0 Å². The fraction of sp³-hybridized carbons (Fsp3) is 0.0714. The van der Waals surface area contributed by atoms with Crippen molar-refractivity contribution < 1.29 is 24.3 Å². The minimum Gasteiger partial charge on any atom is -0.617 e. The lowest BCUT2D eigenvalue weighted by atomic mass is 10.1. The molecule has 0 aliphatic carbocycles. The number of nitro groups is 1. The van der Waals surface area contributed by atoms with Gasteiger partial charge in [0.05, 0.1) is 11.0 Å². The van der Waals surface area contributed by atoms with Crippen LogP contribution in [0.2, 0.25) is 0 Å². The number of halogens is 1. The molecule has 0 amide bonds. The van der Waals surface area contributed by atoms with E-state index in [4.69, 9.17) is 0 Å². The molecule has 0 radical (unpaired) electrons. The lowest BCUT2D eigenvalue weighted by Crippen LogP contribution is -2.30. The van der Waals surface area contributed by atoms with Crippen LogP contribution in [0, 0.1) is 21.3 Å². The Hall–Kier alpha value is -3.76. The molecule has 128 valence electrons. The number of pyridine rings is 1. The fourth-order valence-corrected chi connectivity index (χ4v) is 2.30. The van der Waals surface area contributed by atoms with Gasteiger partial charge < -0.3 is 20.0 Å². The molecule has 0 saturated carbocycles. The van der Waals surface area contributed by atoms with Gasteiger partial charge in [0.15, 0.2) is 23.6 Å². The van der Waals surface area contributed by atoms with Crippen molar-refractivity contribution in [1.29, 1.82) is 0 Å². The lowest BCUT2D eigenvalue weighted by molar-refractivity contribution is -0.637. The maximum absolute atomic E-state index is 13.4. The highest BCUT2D eigenvalue weighted by molar-refractivity contribution is 5.70. The predicted octanol–water partition coefficient (Wildman–Crippen LogP) is 1.24. The van der Waals surface area contributed by atoms with Crippen molar-refractivity contribution in [3.8, 4) is 34.3 Å². The SMILES string of the molecule is Cn1c(-c2cc(O)c(O)c([N+](=O)[O-])c2)nnc1-c1cc[n+]([O-])c(F)c1. The van der Waals surface area contributed by atoms with Crippen LogP contribution in [-0.2, 0) is 7.05 Å². The number of phenols is 2. The van der Waals surface area contributed by atoms with Crippen LogP contribution in [0.25, 0.3) is 22.8 Å². The fourth-order valence-electron chi connectivity index (χ4n) is 2.30. The van der Waals surface area contributed by atoms with E-state index in [-0.39, 0.29) is 27.5 Å². The van der Waals surface area contributed by atoms with Crippen molar-refractivity contribution in [3.05, 3.63) is 51.7 Å². The first-order valence-corrected chi connectivity index (χ1v) is 6.79. The van der Waals surface area contributed by atoms with Gasteiger partial charge in [0.1, 0.15) is 0 Å². The normalized spacial score (nSPS) is 10.8. The van der Waals surface area contributed by atoms with Crippen molar-refractivity contribution in [3.63, 3.8) is 0 Å². The first kappa shape index (κ1) is 16.1. The van der Waals surface area contributed by atoms with Gasteiger partial charge in [0.2, 0.25) is 5.75 Å². The number of hydrogen-bond acceptors (Lipinski definition) is 7. The summed E-state index contributed by atoms with van der Waals surface area (Å²) in [7, 11) is 1.52. The molecule has 25 heavy (non-hydrogen) atoms. The van der Waals surface area contributed by atoms with Gasteiger partial charge in [-0.2, -0.15) is 0 Å². The van der Waals surface area contributed by atoms with E-state index in [9.17, 15) is 29.9 Å². The van der Waals surface area contributed by atoms with E-state index in [0.29, 0.717) is 0 Å². The molecule has 1 aromatic carbocycles. The van der Waals surface area contributed by atoms with E-state index < -0.39 is 28.1 Å².